The molecule has 1 atom stereocenters. The molecule has 0 bridgehead atoms. The highest BCUT2D eigenvalue weighted by Gasteiger charge is 2.28. The van der Waals surface area contributed by atoms with Crippen LogP contribution in [0.4, 0.5) is 0 Å². The molecule has 2 aromatic heterocycles. The summed E-state index contributed by atoms with van der Waals surface area (Å²) >= 11 is 0. The van der Waals surface area contributed by atoms with Gasteiger partial charge in [0.05, 0.1) is 5.39 Å². The van der Waals surface area contributed by atoms with Crippen LogP contribution in [-0.2, 0) is 10.0 Å². The van der Waals surface area contributed by atoms with Crippen LogP contribution in [0.2, 0.25) is 0 Å². The first-order valence-corrected chi connectivity index (χ1v) is 9.24. The number of nitrogens with two attached hydrogens (primary N) is 1. The van der Waals surface area contributed by atoms with Gasteiger partial charge in [-0.3, -0.25) is 14.8 Å². The summed E-state index contributed by atoms with van der Waals surface area (Å²) in [7, 11) is -3.86. The molecule has 24 heavy (non-hydrogen) atoms. The Bertz CT molecular complexity index is 959. The fraction of sp³-hybridized carbons (Fsp3) is 0.500. The fourth-order valence-corrected chi connectivity index (χ4v) is 4.43. The van der Waals surface area contributed by atoms with E-state index in [2.05, 4.69) is 14.7 Å². The monoisotopic (exact) mass is 353 g/mol. The molecule has 0 saturated heterocycles. The van der Waals surface area contributed by atoms with E-state index in [-0.39, 0.29) is 34.4 Å². The maximum absolute atomic E-state index is 12.6. The molecule has 5 N–H and O–H groups in total. The zero-order valence-electron chi connectivity index (χ0n) is 12.9. The standard InChI is InChI=1S/C14H19N5O4S/c15-6-11(8-3-1-2-4-8)19-24(22,23)9-5-10-12(16-7-9)17-14(21)18-13(10)20/h5,7-8,11,19H,1-4,6,15H2,(H2,16,17,18,20,21). The molecule has 0 radical (unpaired) electrons. The molecule has 9 nitrogen and oxygen atoms in total. The van der Waals surface area contributed by atoms with Crippen molar-refractivity contribution in [2.45, 2.75) is 36.6 Å². The average molecular weight is 353 g/mol. The Kier molecular flexibility index (Phi) is 4.52. The van der Waals surface area contributed by atoms with E-state index in [0.717, 1.165) is 31.9 Å². The molecule has 1 unspecified atom stereocenters. The number of aromatic nitrogens is 3. The lowest BCUT2D eigenvalue weighted by molar-refractivity contribution is 0.405. The first kappa shape index (κ1) is 16.8. The second kappa shape index (κ2) is 6.46. The lowest BCUT2D eigenvalue weighted by atomic mass is 9.99. The van der Waals surface area contributed by atoms with Crippen molar-refractivity contribution >= 4 is 21.1 Å². The number of pyridine rings is 1. The third-order valence-corrected chi connectivity index (χ3v) is 5.86. The summed E-state index contributed by atoms with van der Waals surface area (Å²) in [5.74, 6) is 0.220. The van der Waals surface area contributed by atoms with Crippen molar-refractivity contribution < 1.29 is 8.42 Å². The van der Waals surface area contributed by atoms with Gasteiger partial charge >= 0.3 is 5.69 Å². The molecule has 0 aliphatic heterocycles. The molecule has 1 saturated carbocycles. The van der Waals surface area contributed by atoms with Crippen LogP contribution in [0.25, 0.3) is 11.0 Å². The predicted molar refractivity (Wildman–Crippen MR) is 88.1 cm³/mol. The summed E-state index contributed by atoms with van der Waals surface area (Å²) in [6.45, 7) is 0.207. The maximum Gasteiger partial charge on any atom is 0.327 e. The minimum absolute atomic E-state index is 0.00244. The van der Waals surface area contributed by atoms with Crippen molar-refractivity contribution in [2.24, 2.45) is 11.7 Å². The van der Waals surface area contributed by atoms with E-state index in [9.17, 15) is 18.0 Å². The predicted octanol–water partition coefficient (Wildman–Crippen LogP) is -0.593. The molecule has 0 spiro atoms. The molecule has 1 aliphatic rings. The quantitative estimate of drug-likeness (QED) is 0.564. The van der Waals surface area contributed by atoms with Crippen LogP contribution in [0.15, 0.2) is 26.7 Å². The van der Waals surface area contributed by atoms with Gasteiger partial charge < -0.3 is 5.73 Å². The summed E-state index contributed by atoms with van der Waals surface area (Å²) in [4.78, 5) is 31.2. The number of sulfonamides is 1. The third-order valence-electron chi connectivity index (χ3n) is 4.41. The van der Waals surface area contributed by atoms with E-state index < -0.39 is 21.3 Å². The number of hydrogen-bond donors (Lipinski definition) is 4. The first-order chi connectivity index (χ1) is 11.4. The molecule has 1 fully saturated rings. The molecule has 2 heterocycles. The normalized spacial score (nSPS) is 17.4. The van der Waals surface area contributed by atoms with Crippen LogP contribution in [0, 0.1) is 5.92 Å². The van der Waals surface area contributed by atoms with Crippen LogP contribution >= 0.6 is 0 Å². The molecule has 130 valence electrons. The van der Waals surface area contributed by atoms with Crippen molar-refractivity contribution in [1.29, 1.82) is 0 Å². The second-order valence-corrected chi connectivity index (χ2v) is 7.70. The Morgan fingerprint density at radius 1 is 1.29 bits per heavy atom. The van der Waals surface area contributed by atoms with Crippen LogP contribution in [0.1, 0.15) is 25.7 Å². The number of hydrogen-bond acceptors (Lipinski definition) is 6. The van der Waals surface area contributed by atoms with Crippen molar-refractivity contribution in [1.82, 2.24) is 19.7 Å². The highest BCUT2D eigenvalue weighted by Crippen LogP contribution is 2.28. The summed E-state index contributed by atoms with van der Waals surface area (Å²) in [5.41, 5.74) is 4.38. The van der Waals surface area contributed by atoms with E-state index in [1.165, 1.54) is 6.07 Å². The number of rotatable bonds is 5. The lowest BCUT2D eigenvalue weighted by Gasteiger charge is -2.22. The molecular formula is C14H19N5O4S. The Balaban J connectivity index is 1.95. The minimum atomic E-state index is -3.86. The first-order valence-electron chi connectivity index (χ1n) is 7.75. The zero-order chi connectivity index (χ0) is 17.3. The Hall–Kier alpha value is -2.04. The topological polar surface area (TPSA) is 151 Å². The summed E-state index contributed by atoms with van der Waals surface area (Å²) in [5, 5.41) is 0.00244. The molecule has 3 rings (SSSR count). The zero-order valence-corrected chi connectivity index (χ0v) is 13.7. The van der Waals surface area contributed by atoms with Gasteiger partial charge in [-0.05, 0) is 24.8 Å². The molecule has 1 aliphatic carbocycles. The van der Waals surface area contributed by atoms with E-state index in [0.29, 0.717) is 0 Å². The number of H-pyrrole nitrogens is 2. The summed E-state index contributed by atoms with van der Waals surface area (Å²) in [6.07, 6.45) is 5.15. The Morgan fingerprint density at radius 3 is 2.67 bits per heavy atom. The van der Waals surface area contributed by atoms with Crippen molar-refractivity contribution in [3.8, 4) is 0 Å². The van der Waals surface area contributed by atoms with Gasteiger partial charge in [-0.2, -0.15) is 0 Å². The van der Waals surface area contributed by atoms with Gasteiger partial charge in [0.1, 0.15) is 10.5 Å². The van der Waals surface area contributed by atoms with Gasteiger partial charge in [-0.1, -0.05) is 12.8 Å². The van der Waals surface area contributed by atoms with Gasteiger partial charge in [0.25, 0.3) is 5.56 Å². The largest absolute Gasteiger partial charge is 0.329 e. The van der Waals surface area contributed by atoms with Crippen LogP contribution in [0.3, 0.4) is 0 Å². The van der Waals surface area contributed by atoms with Crippen LogP contribution in [0.5, 0.6) is 0 Å². The number of nitrogens with one attached hydrogen (secondary N) is 3. The second-order valence-electron chi connectivity index (χ2n) is 5.98. The average Bonchev–Trinajstić information content (AvgIpc) is 3.06. The van der Waals surface area contributed by atoms with Gasteiger partial charge in [-0.25, -0.2) is 22.9 Å². The fourth-order valence-electron chi connectivity index (χ4n) is 3.14. The van der Waals surface area contributed by atoms with E-state index >= 15 is 0 Å². The van der Waals surface area contributed by atoms with E-state index in [1.807, 2.05) is 4.98 Å². The lowest BCUT2D eigenvalue weighted by Crippen LogP contribution is -2.44. The highest BCUT2D eigenvalue weighted by molar-refractivity contribution is 7.89. The Morgan fingerprint density at radius 2 is 2.00 bits per heavy atom. The van der Waals surface area contributed by atoms with Gasteiger partial charge in [0.2, 0.25) is 10.0 Å². The van der Waals surface area contributed by atoms with Crippen molar-refractivity contribution in [3.05, 3.63) is 33.1 Å². The van der Waals surface area contributed by atoms with Crippen molar-refractivity contribution in [3.63, 3.8) is 0 Å². The summed E-state index contributed by atoms with van der Waals surface area (Å²) < 4.78 is 27.8. The minimum Gasteiger partial charge on any atom is -0.329 e. The smallest absolute Gasteiger partial charge is 0.327 e. The molecule has 10 heteroatoms. The Labute approximate surface area is 137 Å². The van der Waals surface area contributed by atoms with E-state index in [1.54, 1.807) is 0 Å². The number of nitrogens with zero attached hydrogens (tertiary/aromatic N) is 1. The highest BCUT2D eigenvalue weighted by atomic mass is 32.2. The van der Waals surface area contributed by atoms with Crippen molar-refractivity contribution in [2.75, 3.05) is 6.54 Å². The molecule has 2 aromatic rings. The molecule has 0 aromatic carbocycles. The SMILES string of the molecule is NCC(NS(=O)(=O)c1cnc2[nH]c(=O)[nH]c(=O)c2c1)C1CCCC1. The van der Waals surface area contributed by atoms with Crippen LogP contribution < -0.4 is 21.7 Å². The van der Waals surface area contributed by atoms with Gasteiger partial charge in [0.15, 0.2) is 0 Å². The van der Waals surface area contributed by atoms with Gasteiger partial charge in [0, 0.05) is 18.8 Å². The maximum atomic E-state index is 12.6. The number of aromatic amines is 2. The van der Waals surface area contributed by atoms with Gasteiger partial charge in [-0.15, -0.1) is 0 Å². The molecule has 0 amide bonds. The van der Waals surface area contributed by atoms with E-state index in [4.69, 9.17) is 5.73 Å². The number of fused-ring (bicyclic) bond motifs is 1. The van der Waals surface area contributed by atoms with Crippen LogP contribution in [-0.4, -0.2) is 36.0 Å². The molecular weight excluding hydrogens is 334 g/mol. The summed E-state index contributed by atoms with van der Waals surface area (Å²) in [6, 6.07) is 0.851. The third kappa shape index (κ3) is 3.25.